The number of rotatable bonds is 8. The maximum atomic E-state index is 2.38. The highest BCUT2D eigenvalue weighted by molar-refractivity contribution is 7.25. The van der Waals surface area contributed by atoms with Gasteiger partial charge in [-0.05, 0) is 133 Å². The molecule has 10 aromatic carbocycles. The molecule has 0 atom stereocenters. The Kier molecular flexibility index (Phi) is 9.11. The van der Waals surface area contributed by atoms with Crippen molar-refractivity contribution in [2.45, 2.75) is 0 Å². The van der Waals surface area contributed by atoms with Crippen LogP contribution in [0, 0.1) is 0 Å². The number of benzene rings is 10. The molecule has 1 heterocycles. The second-order valence-electron chi connectivity index (χ2n) is 15.3. The molecule has 0 fully saturated rings. The van der Waals surface area contributed by atoms with E-state index in [4.69, 9.17) is 0 Å². The summed E-state index contributed by atoms with van der Waals surface area (Å²) < 4.78 is 2.64. The van der Waals surface area contributed by atoms with Gasteiger partial charge in [0.2, 0.25) is 0 Å². The van der Waals surface area contributed by atoms with Gasteiger partial charge in [0.25, 0.3) is 0 Å². The van der Waals surface area contributed by atoms with Crippen molar-refractivity contribution in [3.8, 4) is 55.6 Å². The smallest absolute Gasteiger partial charge is 0.0467 e. The number of nitrogens with zero attached hydrogens (tertiary/aromatic N) is 1. The Morgan fingerprint density at radius 1 is 0.267 bits per heavy atom. The van der Waals surface area contributed by atoms with Gasteiger partial charge in [-0.25, -0.2) is 0 Å². The molecular weight excluding hydrogens is 743 g/mol. The lowest BCUT2D eigenvalue weighted by Crippen LogP contribution is -2.10. The van der Waals surface area contributed by atoms with Gasteiger partial charge < -0.3 is 4.90 Å². The van der Waals surface area contributed by atoms with E-state index in [0.29, 0.717) is 0 Å². The van der Waals surface area contributed by atoms with Crippen LogP contribution >= 0.6 is 11.3 Å². The lowest BCUT2D eigenvalue weighted by molar-refractivity contribution is 1.28. The molecule has 1 nitrogen and oxygen atoms in total. The second-order valence-corrected chi connectivity index (χ2v) is 16.4. The Hall–Kier alpha value is -7.52. The monoisotopic (exact) mass is 781 g/mol. The molecule has 0 aliphatic rings. The second kappa shape index (κ2) is 15.3. The molecule has 0 saturated carbocycles. The van der Waals surface area contributed by atoms with Gasteiger partial charge in [-0.15, -0.1) is 11.3 Å². The lowest BCUT2D eigenvalue weighted by atomic mass is 9.97. The summed E-state index contributed by atoms with van der Waals surface area (Å²) in [5.74, 6) is 0. The van der Waals surface area contributed by atoms with Gasteiger partial charge in [-0.3, -0.25) is 0 Å². The van der Waals surface area contributed by atoms with Crippen molar-refractivity contribution in [3.05, 3.63) is 237 Å². The van der Waals surface area contributed by atoms with Crippen LogP contribution in [0.1, 0.15) is 0 Å². The van der Waals surface area contributed by atoms with Crippen LogP contribution in [0.5, 0.6) is 0 Å². The third kappa shape index (κ3) is 6.73. The van der Waals surface area contributed by atoms with Crippen LogP contribution in [-0.2, 0) is 0 Å². The minimum atomic E-state index is 1.10. The van der Waals surface area contributed by atoms with Gasteiger partial charge in [-0.1, -0.05) is 170 Å². The van der Waals surface area contributed by atoms with Gasteiger partial charge in [0.1, 0.15) is 0 Å². The Balaban J connectivity index is 0.982. The first-order valence-electron chi connectivity index (χ1n) is 20.5. The molecule has 0 spiro atoms. The van der Waals surface area contributed by atoms with Crippen molar-refractivity contribution < 1.29 is 0 Å². The Labute approximate surface area is 354 Å². The fourth-order valence-corrected chi connectivity index (χ4v) is 9.77. The normalized spacial score (nSPS) is 11.3. The molecule has 0 aliphatic heterocycles. The van der Waals surface area contributed by atoms with Gasteiger partial charge in [-0.2, -0.15) is 0 Å². The van der Waals surface area contributed by atoms with E-state index >= 15 is 0 Å². The first-order valence-corrected chi connectivity index (χ1v) is 21.3. The first kappa shape index (κ1) is 35.6. The van der Waals surface area contributed by atoms with E-state index in [9.17, 15) is 0 Å². The van der Waals surface area contributed by atoms with E-state index in [0.717, 1.165) is 17.1 Å². The van der Waals surface area contributed by atoms with Crippen molar-refractivity contribution >= 4 is 59.3 Å². The predicted molar refractivity (Wildman–Crippen MR) is 259 cm³/mol. The summed E-state index contributed by atoms with van der Waals surface area (Å²) in [4.78, 5) is 2.38. The van der Waals surface area contributed by atoms with Crippen molar-refractivity contribution in [2.75, 3.05) is 4.90 Å². The molecule has 11 rings (SSSR count). The minimum Gasteiger partial charge on any atom is -0.310 e. The van der Waals surface area contributed by atoms with Gasteiger partial charge in [0.05, 0.1) is 0 Å². The van der Waals surface area contributed by atoms with Gasteiger partial charge >= 0.3 is 0 Å². The van der Waals surface area contributed by atoms with Crippen molar-refractivity contribution in [3.63, 3.8) is 0 Å². The molecule has 0 radical (unpaired) electrons. The van der Waals surface area contributed by atoms with E-state index in [-0.39, 0.29) is 0 Å². The van der Waals surface area contributed by atoms with E-state index in [1.165, 1.54) is 86.6 Å². The summed E-state index contributed by atoms with van der Waals surface area (Å²) in [6.45, 7) is 0. The zero-order valence-electron chi connectivity index (χ0n) is 32.9. The van der Waals surface area contributed by atoms with Crippen LogP contribution in [0.2, 0.25) is 0 Å². The summed E-state index contributed by atoms with van der Waals surface area (Å²) in [6, 6.07) is 86.1. The number of fused-ring (bicyclic) bond motifs is 4. The molecule has 0 bridgehead atoms. The van der Waals surface area contributed by atoms with Crippen LogP contribution in [0.4, 0.5) is 17.1 Å². The number of anilines is 3. The highest BCUT2D eigenvalue weighted by Gasteiger charge is 2.16. The Morgan fingerprint density at radius 2 is 0.750 bits per heavy atom. The van der Waals surface area contributed by atoms with E-state index < -0.39 is 0 Å². The Morgan fingerprint density at radius 3 is 1.47 bits per heavy atom. The predicted octanol–water partition coefficient (Wildman–Crippen LogP) is 17.0. The van der Waals surface area contributed by atoms with E-state index in [1.807, 2.05) is 11.3 Å². The molecule has 0 unspecified atom stereocenters. The number of thiophene rings is 1. The maximum Gasteiger partial charge on any atom is 0.0467 e. The first-order chi connectivity index (χ1) is 29.7. The summed E-state index contributed by atoms with van der Waals surface area (Å²) in [6.07, 6.45) is 0. The fraction of sp³-hybridized carbons (Fsp3) is 0. The average Bonchev–Trinajstić information content (AvgIpc) is 3.72. The molecule has 0 aliphatic carbocycles. The molecule has 282 valence electrons. The Bertz CT molecular complexity index is 3310. The molecule has 0 saturated heterocycles. The molecule has 0 amide bonds. The molecule has 1 aromatic heterocycles. The quantitative estimate of drug-likeness (QED) is 0.148. The molecule has 60 heavy (non-hydrogen) atoms. The van der Waals surface area contributed by atoms with E-state index in [2.05, 4.69) is 241 Å². The summed E-state index contributed by atoms with van der Waals surface area (Å²) in [7, 11) is 0. The third-order valence-electron chi connectivity index (χ3n) is 11.7. The number of hydrogen-bond acceptors (Lipinski definition) is 2. The molecule has 0 N–H and O–H groups in total. The average molecular weight is 782 g/mol. The number of hydrogen-bond donors (Lipinski definition) is 0. The van der Waals surface area contributed by atoms with E-state index in [1.54, 1.807) is 0 Å². The zero-order valence-corrected chi connectivity index (χ0v) is 33.7. The van der Waals surface area contributed by atoms with Crippen molar-refractivity contribution in [1.29, 1.82) is 0 Å². The van der Waals surface area contributed by atoms with Crippen molar-refractivity contribution in [1.82, 2.24) is 0 Å². The summed E-state index contributed by atoms with van der Waals surface area (Å²) in [5.41, 5.74) is 15.4. The van der Waals surface area contributed by atoms with Crippen LogP contribution in [0.3, 0.4) is 0 Å². The fourth-order valence-electron chi connectivity index (χ4n) is 8.64. The van der Waals surface area contributed by atoms with Crippen LogP contribution in [0.25, 0.3) is 86.6 Å². The topological polar surface area (TPSA) is 3.24 Å². The maximum absolute atomic E-state index is 2.38. The largest absolute Gasteiger partial charge is 0.310 e. The third-order valence-corrected chi connectivity index (χ3v) is 12.8. The van der Waals surface area contributed by atoms with Crippen molar-refractivity contribution in [2.24, 2.45) is 0 Å². The molecular formula is C58H39NS. The highest BCUT2D eigenvalue weighted by atomic mass is 32.1. The minimum absolute atomic E-state index is 1.10. The SMILES string of the molecule is c1ccc(-c2cccc(-c3cccc(N(c4ccc(-c5cccc(-c6ccc7ccccc7c6)c5)cc4)c4ccc(-c5cccc6sc7ccccc7c56)cc4)c3)c2)cc1. The van der Waals surface area contributed by atoms with Gasteiger partial charge in [0, 0.05) is 37.2 Å². The standard InChI is InChI=1S/C58H39NS/c1-2-12-40(13-3-1)45-16-8-18-47(36-45)49-20-10-21-53(39-49)59(52-34-30-43(31-35-52)54-23-11-25-57-58(54)55-22-6-7-24-56(55)60-57)51-32-28-42(29-33-51)46-17-9-19-48(37-46)50-27-26-41-14-4-5-15-44(41)38-50/h1-39H. The summed E-state index contributed by atoms with van der Waals surface area (Å²) in [5, 5.41) is 5.15. The van der Waals surface area contributed by atoms with Crippen LogP contribution in [-0.4, -0.2) is 0 Å². The summed E-state index contributed by atoms with van der Waals surface area (Å²) >= 11 is 1.86. The molecule has 2 heteroatoms. The highest BCUT2D eigenvalue weighted by Crippen LogP contribution is 2.42. The van der Waals surface area contributed by atoms with Crippen LogP contribution < -0.4 is 4.90 Å². The molecule has 11 aromatic rings. The zero-order chi connectivity index (χ0) is 39.8. The van der Waals surface area contributed by atoms with Crippen LogP contribution in [0.15, 0.2) is 237 Å². The lowest BCUT2D eigenvalue weighted by Gasteiger charge is -2.26. The van der Waals surface area contributed by atoms with Gasteiger partial charge in [0.15, 0.2) is 0 Å².